The molecule has 2 aromatic carbocycles. The SMILES string of the molecule is COC(=O)CCS(=O)NC1CCc2c(-c3noc(-c4ccc(OC(C)C)c(C#N)c4)n3)cccc21. The van der Waals surface area contributed by atoms with Crippen LogP contribution in [-0.2, 0) is 26.9 Å². The van der Waals surface area contributed by atoms with Gasteiger partial charge >= 0.3 is 5.97 Å². The molecule has 9 nitrogen and oxygen atoms in total. The molecule has 1 aliphatic rings. The molecule has 35 heavy (non-hydrogen) atoms. The highest BCUT2D eigenvalue weighted by Crippen LogP contribution is 2.37. The number of carbonyl (C=O) groups excluding carboxylic acids is 1. The third kappa shape index (κ3) is 5.58. The summed E-state index contributed by atoms with van der Waals surface area (Å²) in [6.07, 6.45) is 1.58. The first kappa shape index (κ1) is 24.6. The fourth-order valence-electron chi connectivity index (χ4n) is 4.04. The number of hydrogen-bond acceptors (Lipinski definition) is 8. The average Bonchev–Trinajstić information content (AvgIpc) is 3.50. The Bertz CT molecular complexity index is 1300. The van der Waals surface area contributed by atoms with Gasteiger partial charge in [-0.15, -0.1) is 0 Å². The van der Waals surface area contributed by atoms with Gasteiger partial charge in [0.05, 0.1) is 36.2 Å². The van der Waals surface area contributed by atoms with E-state index in [0.29, 0.717) is 28.6 Å². The van der Waals surface area contributed by atoms with E-state index in [1.165, 1.54) is 7.11 Å². The maximum absolute atomic E-state index is 12.4. The summed E-state index contributed by atoms with van der Waals surface area (Å²) in [5, 5.41) is 13.7. The van der Waals surface area contributed by atoms with E-state index in [9.17, 15) is 14.3 Å². The minimum Gasteiger partial charge on any atom is -0.490 e. The van der Waals surface area contributed by atoms with Crippen molar-refractivity contribution < 1.29 is 23.0 Å². The fraction of sp³-hybridized carbons (Fsp3) is 0.360. The van der Waals surface area contributed by atoms with Crippen LogP contribution in [0.2, 0.25) is 0 Å². The van der Waals surface area contributed by atoms with E-state index in [0.717, 1.165) is 29.5 Å². The van der Waals surface area contributed by atoms with Crippen LogP contribution in [0.25, 0.3) is 22.8 Å². The number of hydrogen-bond donors (Lipinski definition) is 1. The quantitative estimate of drug-likeness (QED) is 0.444. The molecule has 0 fully saturated rings. The molecule has 0 aliphatic heterocycles. The van der Waals surface area contributed by atoms with Crippen molar-refractivity contribution in [2.45, 2.75) is 45.3 Å². The summed E-state index contributed by atoms with van der Waals surface area (Å²) in [7, 11) is -0.0426. The van der Waals surface area contributed by atoms with Crippen molar-refractivity contribution in [2.24, 2.45) is 0 Å². The lowest BCUT2D eigenvalue weighted by molar-refractivity contribution is -0.140. The minimum absolute atomic E-state index is 0.0493. The highest BCUT2D eigenvalue weighted by molar-refractivity contribution is 7.83. The van der Waals surface area contributed by atoms with Crippen LogP contribution in [0, 0.1) is 11.3 Å². The van der Waals surface area contributed by atoms with Crippen LogP contribution >= 0.6 is 0 Å². The number of methoxy groups -OCH3 is 1. The number of aromatic nitrogens is 2. The highest BCUT2D eigenvalue weighted by atomic mass is 32.2. The number of benzene rings is 2. The molecule has 2 atom stereocenters. The summed E-state index contributed by atoms with van der Waals surface area (Å²) < 4.78 is 31.3. The van der Waals surface area contributed by atoms with Gasteiger partial charge in [0.25, 0.3) is 5.89 Å². The van der Waals surface area contributed by atoms with Gasteiger partial charge in [-0.2, -0.15) is 10.2 Å². The minimum atomic E-state index is -1.36. The van der Waals surface area contributed by atoms with Gasteiger partial charge in [0.15, 0.2) is 0 Å². The zero-order valence-corrected chi connectivity index (χ0v) is 20.6. The van der Waals surface area contributed by atoms with Gasteiger partial charge < -0.3 is 14.0 Å². The molecule has 0 saturated heterocycles. The molecule has 10 heteroatoms. The van der Waals surface area contributed by atoms with Gasteiger partial charge in [-0.05, 0) is 56.0 Å². The van der Waals surface area contributed by atoms with Crippen molar-refractivity contribution in [3.8, 4) is 34.7 Å². The lowest BCUT2D eigenvalue weighted by Gasteiger charge is -2.13. The van der Waals surface area contributed by atoms with Gasteiger partial charge in [-0.1, -0.05) is 23.4 Å². The van der Waals surface area contributed by atoms with Gasteiger partial charge in [0, 0.05) is 22.9 Å². The second kappa shape index (κ2) is 10.8. The van der Waals surface area contributed by atoms with Crippen molar-refractivity contribution in [1.29, 1.82) is 5.26 Å². The highest BCUT2D eigenvalue weighted by Gasteiger charge is 2.28. The molecule has 0 spiro atoms. The number of nitriles is 1. The molecule has 0 bridgehead atoms. The number of rotatable bonds is 9. The van der Waals surface area contributed by atoms with E-state index in [4.69, 9.17) is 9.26 Å². The Balaban J connectivity index is 1.54. The molecule has 2 unspecified atom stereocenters. The van der Waals surface area contributed by atoms with Crippen molar-refractivity contribution in [3.05, 3.63) is 53.1 Å². The molecule has 1 N–H and O–H groups in total. The number of nitrogens with zero attached hydrogens (tertiary/aromatic N) is 3. The maximum Gasteiger partial charge on any atom is 0.306 e. The second-order valence-electron chi connectivity index (χ2n) is 8.37. The van der Waals surface area contributed by atoms with Crippen LogP contribution in [0.15, 0.2) is 40.9 Å². The summed E-state index contributed by atoms with van der Waals surface area (Å²) >= 11 is 0. The lowest BCUT2D eigenvalue weighted by Crippen LogP contribution is -2.25. The summed E-state index contributed by atoms with van der Waals surface area (Å²) in [5.41, 5.74) is 3.97. The van der Waals surface area contributed by atoms with Gasteiger partial charge in [-0.25, -0.2) is 8.93 Å². The molecule has 0 radical (unpaired) electrons. The van der Waals surface area contributed by atoms with Crippen LogP contribution in [0.3, 0.4) is 0 Å². The first-order valence-electron chi connectivity index (χ1n) is 11.3. The van der Waals surface area contributed by atoms with Crippen LogP contribution in [-0.4, -0.2) is 39.3 Å². The predicted molar refractivity (Wildman–Crippen MR) is 129 cm³/mol. The molecule has 3 aromatic rings. The number of carbonyl (C=O) groups is 1. The van der Waals surface area contributed by atoms with Crippen LogP contribution in [0.4, 0.5) is 0 Å². The van der Waals surface area contributed by atoms with E-state index < -0.39 is 11.0 Å². The monoisotopic (exact) mass is 494 g/mol. The Kier molecular flexibility index (Phi) is 7.58. The molecule has 0 amide bonds. The summed E-state index contributed by atoms with van der Waals surface area (Å²) in [6.45, 7) is 3.80. The molecule has 182 valence electrons. The molecule has 0 saturated carbocycles. The largest absolute Gasteiger partial charge is 0.490 e. The predicted octanol–water partition coefficient (Wildman–Crippen LogP) is 3.87. The Morgan fingerprint density at radius 2 is 2.17 bits per heavy atom. The lowest BCUT2D eigenvalue weighted by atomic mass is 10.0. The number of nitrogens with one attached hydrogen (secondary N) is 1. The standard InChI is InChI=1S/C25H26N4O5S/c1-15(2)33-22-10-7-16(13-17(22)14-26)25-27-24(28-34-25)20-6-4-5-19-18(20)8-9-21(19)29-35(31)12-11-23(30)32-3/h4-7,10,13,15,21,29H,8-9,11-12H2,1-3H3. The molecule has 1 aromatic heterocycles. The van der Waals surface area contributed by atoms with Crippen LogP contribution in [0.5, 0.6) is 5.75 Å². The van der Waals surface area contributed by atoms with E-state index >= 15 is 0 Å². The van der Waals surface area contributed by atoms with Gasteiger partial charge in [-0.3, -0.25) is 4.79 Å². The first-order chi connectivity index (χ1) is 16.9. The third-order valence-electron chi connectivity index (χ3n) is 5.64. The Morgan fingerprint density at radius 1 is 1.34 bits per heavy atom. The van der Waals surface area contributed by atoms with Crippen molar-refractivity contribution in [2.75, 3.05) is 12.9 Å². The maximum atomic E-state index is 12.4. The summed E-state index contributed by atoms with van der Waals surface area (Å²) in [5.74, 6) is 1.07. The van der Waals surface area contributed by atoms with E-state index in [2.05, 4.69) is 25.7 Å². The van der Waals surface area contributed by atoms with E-state index in [-0.39, 0.29) is 30.3 Å². The Morgan fingerprint density at radius 3 is 2.91 bits per heavy atom. The number of ether oxygens (including phenoxy) is 2. The topological polar surface area (TPSA) is 127 Å². The normalized spacial score (nSPS) is 15.5. The van der Waals surface area contributed by atoms with Crippen molar-refractivity contribution in [3.63, 3.8) is 0 Å². The van der Waals surface area contributed by atoms with Gasteiger partial charge in [0.2, 0.25) is 5.82 Å². The number of fused-ring (bicyclic) bond motifs is 1. The van der Waals surface area contributed by atoms with Crippen molar-refractivity contribution >= 4 is 17.0 Å². The van der Waals surface area contributed by atoms with E-state index in [1.54, 1.807) is 18.2 Å². The van der Waals surface area contributed by atoms with Crippen molar-refractivity contribution in [1.82, 2.24) is 14.9 Å². The smallest absolute Gasteiger partial charge is 0.306 e. The van der Waals surface area contributed by atoms with Crippen LogP contribution < -0.4 is 9.46 Å². The third-order valence-corrected chi connectivity index (χ3v) is 6.76. The molecular formula is C25H26N4O5S. The molecular weight excluding hydrogens is 468 g/mol. The zero-order valence-electron chi connectivity index (χ0n) is 19.7. The molecule has 1 heterocycles. The fourth-order valence-corrected chi connectivity index (χ4v) is 5.07. The zero-order chi connectivity index (χ0) is 24.9. The molecule has 1 aliphatic carbocycles. The average molecular weight is 495 g/mol. The van der Waals surface area contributed by atoms with Gasteiger partial charge in [0.1, 0.15) is 11.8 Å². The summed E-state index contributed by atoms with van der Waals surface area (Å²) in [4.78, 5) is 15.9. The Labute approximate surface area is 206 Å². The van der Waals surface area contributed by atoms with E-state index in [1.807, 2.05) is 32.0 Å². The Hall–Kier alpha value is -3.55. The summed E-state index contributed by atoms with van der Waals surface area (Å²) in [6, 6.07) is 13.1. The number of esters is 1. The first-order valence-corrected chi connectivity index (χ1v) is 12.6. The second-order valence-corrected chi connectivity index (χ2v) is 9.71. The molecule has 4 rings (SSSR count). The van der Waals surface area contributed by atoms with Crippen LogP contribution in [0.1, 0.15) is 49.4 Å².